The van der Waals surface area contributed by atoms with Gasteiger partial charge in [0.1, 0.15) is 5.82 Å². The third kappa shape index (κ3) is 4.67. The van der Waals surface area contributed by atoms with Crippen molar-refractivity contribution in [3.05, 3.63) is 53.7 Å². The lowest BCUT2D eigenvalue weighted by molar-refractivity contribution is -0.137. The predicted molar refractivity (Wildman–Crippen MR) is 107 cm³/mol. The van der Waals surface area contributed by atoms with Crippen LogP contribution in [0.2, 0.25) is 0 Å². The zero-order valence-electron chi connectivity index (χ0n) is 16.9. The molecule has 1 aliphatic heterocycles. The normalized spacial score (nSPS) is 20.6. The van der Waals surface area contributed by atoms with Crippen LogP contribution in [0.3, 0.4) is 0 Å². The molecule has 1 aromatic heterocycles. The first kappa shape index (κ1) is 23.0. The lowest BCUT2D eigenvalue weighted by atomic mass is 10.1. The molecule has 2 atom stereocenters. The molecule has 31 heavy (non-hydrogen) atoms. The molecule has 1 fully saturated rings. The molecule has 1 N–H and O–H groups in total. The predicted octanol–water partition coefficient (Wildman–Crippen LogP) is 3.02. The molecule has 1 saturated heterocycles. The van der Waals surface area contributed by atoms with Crippen molar-refractivity contribution in [1.82, 2.24) is 9.29 Å². The number of anilines is 1. The van der Waals surface area contributed by atoms with Crippen LogP contribution in [0.1, 0.15) is 25.0 Å². The number of aliphatic carboxylic acids is 1. The van der Waals surface area contributed by atoms with E-state index in [1.165, 1.54) is 45.7 Å². The fourth-order valence-corrected chi connectivity index (χ4v) is 5.48. The number of carbonyl (C=O) groups is 1. The maximum absolute atomic E-state index is 13.4. The van der Waals surface area contributed by atoms with Crippen LogP contribution in [0.4, 0.5) is 19.0 Å². The van der Waals surface area contributed by atoms with Crippen molar-refractivity contribution >= 4 is 21.8 Å². The van der Waals surface area contributed by atoms with Gasteiger partial charge in [-0.05, 0) is 43.7 Å². The average Bonchev–Trinajstić information content (AvgIpc) is 2.69. The maximum atomic E-state index is 13.4. The molecule has 168 valence electrons. The van der Waals surface area contributed by atoms with Crippen molar-refractivity contribution in [2.24, 2.45) is 0 Å². The molecule has 0 spiro atoms. The topological polar surface area (TPSA) is 90.8 Å². The number of hydrogen-bond acceptors (Lipinski definition) is 5. The summed E-state index contributed by atoms with van der Waals surface area (Å²) >= 11 is 0. The van der Waals surface area contributed by atoms with Crippen LogP contribution in [-0.4, -0.2) is 54.0 Å². The monoisotopic (exact) mass is 457 g/mol. The number of carboxylic acid groups (broad SMARTS) is 1. The second-order valence-electron chi connectivity index (χ2n) is 7.38. The zero-order valence-corrected chi connectivity index (χ0v) is 17.7. The zero-order chi connectivity index (χ0) is 23.0. The first-order valence-corrected chi connectivity index (χ1v) is 11.0. The average molecular weight is 457 g/mol. The number of carboxylic acids is 1. The summed E-state index contributed by atoms with van der Waals surface area (Å²) in [5.41, 5.74) is -0.525. The van der Waals surface area contributed by atoms with Crippen molar-refractivity contribution in [3.8, 4) is 0 Å². The summed E-state index contributed by atoms with van der Waals surface area (Å²) in [6.07, 6.45) is -3.62. The van der Waals surface area contributed by atoms with Gasteiger partial charge in [-0.25, -0.2) is 13.4 Å². The number of alkyl halides is 3. The van der Waals surface area contributed by atoms with Gasteiger partial charge in [-0.1, -0.05) is 12.1 Å². The van der Waals surface area contributed by atoms with Crippen molar-refractivity contribution in [2.75, 3.05) is 18.0 Å². The minimum absolute atomic E-state index is 0.0274. The van der Waals surface area contributed by atoms with Gasteiger partial charge in [0, 0.05) is 31.4 Å². The molecular weight excluding hydrogens is 435 g/mol. The summed E-state index contributed by atoms with van der Waals surface area (Å²) < 4.78 is 68.0. The summed E-state index contributed by atoms with van der Waals surface area (Å²) in [6, 6.07) is 6.63. The van der Waals surface area contributed by atoms with Gasteiger partial charge in [-0.15, -0.1) is 0 Å². The highest BCUT2D eigenvalue weighted by Crippen LogP contribution is 2.37. The number of aromatic nitrogens is 1. The van der Waals surface area contributed by atoms with Crippen molar-refractivity contribution in [3.63, 3.8) is 0 Å². The highest BCUT2D eigenvalue weighted by Gasteiger charge is 2.42. The van der Waals surface area contributed by atoms with Gasteiger partial charge in [0.05, 0.1) is 16.9 Å². The third-order valence-electron chi connectivity index (χ3n) is 5.43. The fraction of sp³-hybridized carbons (Fsp3) is 0.400. The molecule has 11 heteroatoms. The van der Waals surface area contributed by atoms with Crippen molar-refractivity contribution < 1.29 is 31.5 Å². The molecule has 0 bridgehead atoms. The largest absolute Gasteiger partial charge is 0.481 e. The lowest BCUT2D eigenvalue weighted by Crippen LogP contribution is -2.59. The van der Waals surface area contributed by atoms with E-state index in [0.717, 1.165) is 6.07 Å². The molecule has 2 heterocycles. The van der Waals surface area contributed by atoms with E-state index >= 15 is 0 Å². The van der Waals surface area contributed by atoms with E-state index in [-0.39, 0.29) is 30.2 Å². The van der Waals surface area contributed by atoms with Gasteiger partial charge in [0.25, 0.3) is 0 Å². The first-order chi connectivity index (χ1) is 14.4. The first-order valence-electron chi connectivity index (χ1n) is 9.54. The Morgan fingerprint density at radius 1 is 1.16 bits per heavy atom. The molecular formula is C20H22F3N3O4S. The van der Waals surface area contributed by atoms with Crippen molar-refractivity contribution in [1.29, 1.82) is 0 Å². The van der Waals surface area contributed by atoms with Crippen LogP contribution < -0.4 is 4.90 Å². The minimum atomic E-state index is -4.58. The second kappa shape index (κ2) is 8.46. The highest BCUT2D eigenvalue weighted by molar-refractivity contribution is 7.89. The quantitative estimate of drug-likeness (QED) is 0.742. The van der Waals surface area contributed by atoms with Crippen LogP contribution >= 0.6 is 0 Å². The molecule has 1 aromatic carbocycles. The van der Waals surface area contributed by atoms with E-state index in [1.807, 2.05) is 0 Å². The number of benzene rings is 1. The van der Waals surface area contributed by atoms with E-state index in [0.29, 0.717) is 5.56 Å². The smallest absolute Gasteiger partial charge is 0.419 e. The maximum Gasteiger partial charge on any atom is 0.419 e. The Balaban J connectivity index is 1.90. The standard InChI is InChI=1S/C20H22F3N3O4S/c1-13-14(2)26(31(29,30)16-6-3-5-15(11-16)12-18(27)28)10-9-25(13)19-17(20(21,22)23)7-4-8-24-19/h3-8,11,13-14H,9-10,12H2,1-2H3,(H,27,28)/t13?,14-/m0/s1. The molecule has 0 aliphatic carbocycles. The van der Waals surface area contributed by atoms with Gasteiger partial charge in [0.2, 0.25) is 10.0 Å². The molecule has 1 unspecified atom stereocenters. The van der Waals surface area contributed by atoms with E-state index in [1.54, 1.807) is 13.8 Å². The number of sulfonamides is 1. The van der Waals surface area contributed by atoms with Gasteiger partial charge >= 0.3 is 12.1 Å². The Morgan fingerprint density at radius 2 is 1.87 bits per heavy atom. The highest BCUT2D eigenvalue weighted by atomic mass is 32.2. The van der Waals surface area contributed by atoms with Crippen LogP contribution in [0, 0.1) is 0 Å². The minimum Gasteiger partial charge on any atom is -0.481 e. The Bertz CT molecular complexity index is 1080. The summed E-state index contributed by atoms with van der Waals surface area (Å²) in [5.74, 6) is -1.31. The van der Waals surface area contributed by atoms with Gasteiger partial charge in [-0.3, -0.25) is 4.79 Å². The fourth-order valence-electron chi connectivity index (χ4n) is 3.73. The van der Waals surface area contributed by atoms with Crippen molar-refractivity contribution in [2.45, 2.75) is 43.4 Å². The Morgan fingerprint density at radius 3 is 2.52 bits per heavy atom. The summed E-state index contributed by atoms with van der Waals surface area (Å²) in [6.45, 7) is 3.28. The third-order valence-corrected chi connectivity index (χ3v) is 7.41. The summed E-state index contributed by atoms with van der Waals surface area (Å²) in [7, 11) is -3.98. The Hall–Kier alpha value is -2.66. The molecule has 7 nitrogen and oxygen atoms in total. The number of rotatable bonds is 5. The van der Waals surface area contributed by atoms with E-state index in [2.05, 4.69) is 4.98 Å². The number of nitrogens with zero attached hydrogens (tertiary/aromatic N) is 3. The number of hydrogen-bond donors (Lipinski definition) is 1. The number of halogens is 3. The number of pyridine rings is 1. The molecule has 0 amide bonds. The molecule has 1 aliphatic rings. The molecule has 0 saturated carbocycles. The van der Waals surface area contributed by atoms with Gasteiger partial charge in [0.15, 0.2) is 0 Å². The SMILES string of the molecule is CC1[C@H](C)N(S(=O)(=O)c2cccc(CC(=O)O)c2)CCN1c1ncccc1C(F)(F)F. The second-order valence-corrected chi connectivity index (χ2v) is 9.27. The van der Waals surface area contributed by atoms with Crippen LogP contribution in [-0.2, 0) is 27.4 Å². The number of piperazine rings is 1. The van der Waals surface area contributed by atoms with E-state index in [9.17, 15) is 26.4 Å². The lowest BCUT2D eigenvalue weighted by Gasteiger charge is -2.45. The molecule has 0 radical (unpaired) electrons. The van der Waals surface area contributed by atoms with Gasteiger partial charge in [-0.2, -0.15) is 17.5 Å². The van der Waals surface area contributed by atoms with Crippen LogP contribution in [0.25, 0.3) is 0 Å². The van der Waals surface area contributed by atoms with E-state index in [4.69, 9.17) is 5.11 Å². The molecule has 2 aromatic rings. The van der Waals surface area contributed by atoms with E-state index < -0.39 is 39.8 Å². The molecule has 3 rings (SSSR count). The Labute approximate surface area is 178 Å². The Kier molecular flexibility index (Phi) is 6.28. The summed E-state index contributed by atoms with van der Waals surface area (Å²) in [5, 5.41) is 8.95. The summed E-state index contributed by atoms with van der Waals surface area (Å²) in [4.78, 5) is 16.3. The van der Waals surface area contributed by atoms with Crippen LogP contribution in [0.15, 0.2) is 47.5 Å². The van der Waals surface area contributed by atoms with Crippen LogP contribution in [0.5, 0.6) is 0 Å². The van der Waals surface area contributed by atoms with Gasteiger partial charge < -0.3 is 10.0 Å².